The van der Waals surface area contributed by atoms with Crippen LogP contribution in [0, 0.1) is 17.8 Å². The number of hydrogen-bond acceptors (Lipinski definition) is 2. The second kappa shape index (κ2) is 14.2. The van der Waals surface area contributed by atoms with E-state index in [1.807, 2.05) is 11.8 Å². The normalized spacial score (nSPS) is 22.5. The molecule has 3 heterocycles. The highest BCUT2D eigenvalue weighted by atomic mass is 32.2. The van der Waals surface area contributed by atoms with Crippen LogP contribution in [-0.4, -0.2) is 4.57 Å². The summed E-state index contributed by atoms with van der Waals surface area (Å²) in [4.78, 5) is 5.16. The van der Waals surface area contributed by atoms with Gasteiger partial charge in [0.1, 0.15) is 0 Å². The van der Waals surface area contributed by atoms with Gasteiger partial charge in [-0.3, -0.25) is 0 Å². The van der Waals surface area contributed by atoms with E-state index in [0.717, 1.165) is 23.4 Å². The average molecular weight is 877 g/mol. The number of benzene rings is 9. The molecule has 0 saturated heterocycles. The Kier molecular flexibility index (Phi) is 8.08. The van der Waals surface area contributed by atoms with Crippen molar-refractivity contribution >= 4 is 50.6 Å². The van der Waals surface area contributed by atoms with Crippen LogP contribution in [0.5, 0.6) is 0 Å². The molecule has 6 aliphatic rings. The quantitative estimate of drug-likeness (QED) is 0.164. The summed E-state index contributed by atoms with van der Waals surface area (Å²) in [5, 5.41) is 2.59. The zero-order valence-electron chi connectivity index (χ0n) is 37.3. The lowest BCUT2D eigenvalue weighted by Gasteiger charge is -2.46. The lowest BCUT2D eigenvalue weighted by molar-refractivity contribution is 0.266. The van der Waals surface area contributed by atoms with Gasteiger partial charge in [-0.2, -0.15) is 0 Å². The molecule has 320 valence electrons. The van der Waals surface area contributed by atoms with Crippen molar-refractivity contribution in [1.82, 2.24) is 4.57 Å². The van der Waals surface area contributed by atoms with Crippen molar-refractivity contribution in [1.29, 1.82) is 0 Å². The van der Waals surface area contributed by atoms with E-state index in [1.165, 1.54) is 125 Å². The molecule has 16 rings (SSSR count). The maximum absolute atomic E-state index is 2.56. The minimum Gasteiger partial charge on any atom is -0.309 e. The van der Waals surface area contributed by atoms with Crippen LogP contribution < -0.4 is 4.90 Å². The first-order valence-electron chi connectivity index (χ1n) is 24.4. The van der Waals surface area contributed by atoms with Gasteiger partial charge in [-0.1, -0.05) is 176 Å². The van der Waals surface area contributed by atoms with Crippen molar-refractivity contribution < 1.29 is 0 Å². The molecule has 1 aromatic heterocycles. The number of hydrogen-bond donors (Lipinski definition) is 0. The monoisotopic (exact) mass is 876 g/mol. The number of nitrogens with zero attached hydrogens (tertiary/aromatic N) is 2. The third-order valence-corrected chi connectivity index (χ3v) is 18.1. The second-order valence-corrected chi connectivity index (χ2v) is 21.2. The molecule has 4 bridgehead atoms. The van der Waals surface area contributed by atoms with E-state index in [0.29, 0.717) is 5.41 Å². The third kappa shape index (κ3) is 5.24. The Morgan fingerprint density at radius 2 is 1.06 bits per heavy atom. The number of rotatable bonds is 6. The minimum absolute atomic E-state index is 0.362. The molecule has 1 spiro atoms. The summed E-state index contributed by atoms with van der Waals surface area (Å²) in [7, 11) is 0. The first kappa shape index (κ1) is 38.1. The Morgan fingerprint density at radius 1 is 0.463 bits per heavy atom. The van der Waals surface area contributed by atoms with E-state index >= 15 is 0 Å². The lowest BCUT2D eigenvalue weighted by atomic mass is 9.62. The van der Waals surface area contributed by atoms with Gasteiger partial charge in [-0.15, -0.1) is 0 Å². The molecule has 3 atom stereocenters. The van der Waals surface area contributed by atoms with Crippen LogP contribution in [0.25, 0.3) is 49.7 Å². The average Bonchev–Trinajstić information content (AvgIpc) is 3.96. The molecule has 10 aromatic rings. The number of fused-ring (bicyclic) bond motifs is 11. The van der Waals surface area contributed by atoms with Crippen LogP contribution in [0.15, 0.2) is 222 Å². The number of anilines is 3. The zero-order chi connectivity index (χ0) is 43.8. The fourth-order valence-electron chi connectivity index (χ4n) is 14.5. The Morgan fingerprint density at radius 3 is 1.85 bits per heavy atom. The van der Waals surface area contributed by atoms with Crippen molar-refractivity contribution in [2.75, 3.05) is 4.90 Å². The smallest absolute Gasteiger partial charge is 0.0765 e. The molecule has 3 heteroatoms. The molecule has 4 aliphatic carbocycles. The van der Waals surface area contributed by atoms with Gasteiger partial charge in [0.05, 0.1) is 27.8 Å². The van der Waals surface area contributed by atoms with E-state index in [4.69, 9.17) is 0 Å². The van der Waals surface area contributed by atoms with Gasteiger partial charge < -0.3 is 9.47 Å². The van der Waals surface area contributed by atoms with Gasteiger partial charge >= 0.3 is 0 Å². The van der Waals surface area contributed by atoms with Gasteiger partial charge in [0.25, 0.3) is 0 Å². The lowest BCUT2D eigenvalue weighted by Crippen LogP contribution is -2.38. The minimum atomic E-state index is -0.561. The molecule has 67 heavy (non-hydrogen) atoms. The first-order valence-corrected chi connectivity index (χ1v) is 25.2. The van der Waals surface area contributed by atoms with Gasteiger partial charge in [0.15, 0.2) is 0 Å². The summed E-state index contributed by atoms with van der Waals surface area (Å²) in [5.41, 5.74) is 19.0. The summed E-state index contributed by atoms with van der Waals surface area (Å²) >= 11 is 1.94. The van der Waals surface area contributed by atoms with Crippen LogP contribution in [0.4, 0.5) is 17.1 Å². The van der Waals surface area contributed by atoms with Crippen LogP contribution in [-0.2, 0) is 10.8 Å². The van der Waals surface area contributed by atoms with Gasteiger partial charge in [0.2, 0.25) is 0 Å². The predicted octanol–water partition coefficient (Wildman–Crippen LogP) is 16.8. The molecule has 0 radical (unpaired) electrons. The standard InChI is InChI=1S/C64H48N2S/c1-2-14-43(15-3-1)49-16-4-5-17-50(49)44-28-32-47(33-29-44)65(48-34-30-45(31-35-48)63-39-41-36-42(40-63)38-46(63)37-41)59-26-13-23-56-62(59)67-60-27-11-8-21-54(60)64(56)53-20-7-10-25-58(53)66-57-24-9-6-18-51(57)52-19-12-22-55(64)61(52)66/h1-35,41-42,46H,36-40H2. The van der Waals surface area contributed by atoms with E-state index in [9.17, 15) is 0 Å². The van der Waals surface area contributed by atoms with Crippen molar-refractivity contribution in [3.05, 3.63) is 240 Å². The maximum Gasteiger partial charge on any atom is 0.0765 e. The molecule has 0 amide bonds. The Labute approximate surface area is 396 Å². The molecule has 2 aliphatic heterocycles. The largest absolute Gasteiger partial charge is 0.309 e. The molecular weight excluding hydrogens is 829 g/mol. The summed E-state index contributed by atoms with van der Waals surface area (Å²) in [6.07, 6.45) is 7.07. The molecule has 0 N–H and O–H groups in total. The van der Waals surface area contributed by atoms with Crippen molar-refractivity contribution in [2.24, 2.45) is 17.8 Å². The Balaban J connectivity index is 0.958. The van der Waals surface area contributed by atoms with Gasteiger partial charge in [-0.05, 0) is 154 Å². The highest BCUT2D eigenvalue weighted by Gasteiger charge is 2.58. The van der Waals surface area contributed by atoms with E-state index < -0.39 is 5.41 Å². The summed E-state index contributed by atoms with van der Waals surface area (Å²) in [5.74, 6) is 2.68. The molecule has 3 unspecified atom stereocenters. The third-order valence-electron chi connectivity index (χ3n) is 16.9. The summed E-state index contributed by atoms with van der Waals surface area (Å²) in [6.45, 7) is 0. The van der Waals surface area contributed by atoms with Crippen LogP contribution in [0.2, 0.25) is 0 Å². The first-order chi connectivity index (χ1) is 33.2. The predicted molar refractivity (Wildman–Crippen MR) is 278 cm³/mol. The van der Waals surface area contributed by atoms with Crippen LogP contribution in [0.3, 0.4) is 0 Å². The van der Waals surface area contributed by atoms with Crippen LogP contribution in [0.1, 0.15) is 59.9 Å². The Bertz CT molecular complexity index is 3610. The summed E-state index contributed by atoms with van der Waals surface area (Å²) in [6, 6.07) is 80.5. The highest BCUT2D eigenvalue weighted by Crippen LogP contribution is 2.67. The van der Waals surface area contributed by atoms with Gasteiger partial charge in [-0.25, -0.2) is 0 Å². The zero-order valence-corrected chi connectivity index (χ0v) is 38.1. The van der Waals surface area contributed by atoms with Crippen molar-refractivity contribution in [2.45, 2.75) is 52.7 Å². The number of para-hydroxylation sites is 3. The molecule has 4 saturated carbocycles. The highest BCUT2D eigenvalue weighted by molar-refractivity contribution is 7.99. The Hall–Kier alpha value is -7.07. The molecule has 9 aromatic carbocycles. The second-order valence-electron chi connectivity index (χ2n) is 20.1. The summed E-state index contributed by atoms with van der Waals surface area (Å²) < 4.78 is 2.54. The number of aromatic nitrogens is 1. The van der Waals surface area contributed by atoms with Gasteiger partial charge in [0, 0.05) is 31.9 Å². The van der Waals surface area contributed by atoms with Crippen molar-refractivity contribution in [3.8, 4) is 27.9 Å². The maximum atomic E-state index is 2.56. The topological polar surface area (TPSA) is 8.17 Å². The fourth-order valence-corrected chi connectivity index (χ4v) is 15.8. The van der Waals surface area contributed by atoms with E-state index in [1.54, 1.807) is 5.56 Å². The van der Waals surface area contributed by atoms with Crippen LogP contribution >= 0.6 is 11.8 Å². The molecule has 2 nitrogen and oxygen atoms in total. The van der Waals surface area contributed by atoms with Crippen molar-refractivity contribution in [3.63, 3.8) is 0 Å². The SMILES string of the molecule is c1ccc(-c2ccccc2-c2ccc(N(c3ccc(C45CC6CC(CC4C6)C5)cc3)c3cccc4c3Sc3ccccc3C43c4ccccc4-n4c5ccccc5c5cccc3c54)cc2)cc1. The molecular formula is C64H48N2S. The fraction of sp³-hybridized carbons (Fsp3) is 0.156. The molecule has 4 fully saturated rings. The van der Waals surface area contributed by atoms with E-state index in [-0.39, 0.29) is 0 Å². The van der Waals surface area contributed by atoms with E-state index in [2.05, 4.69) is 222 Å².